The number of hydrogen-bond donors (Lipinski definition) is 5. The van der Waals surface area contributed by atoms with E-state index in [1.807, 2.05) is 6.92 Å². The summed E-state index contributed by atoms with van der Waals surface area (Å²) in [4.78, 5) is 85.5. The Morgan fingerprint density at radius 1 is 0.882 bits per heavy atom. The monoisotopic (exact) mass is 712 g/mol. The van der Waals surface area contributed by atoms with Crippen LogP contribution in [0.15, 0.2) is 48.5 Å². The van der Waals surface area contributed by atoms with Gasteiger partial charge in [-0.15, -0.1) is 0 Å². The Labute approximate surface area is 296 Å². The van der Waals surface area contributed by atoms with Gasteiger partial charge in [-0.05, 0) is 55.0 Å². The van der Waals surface area contributed by atoms with Crippen molar-refractivity contribution in [3.63, 3.8) is 0 Å². The van der Waals surface area contributed by atoms with Gasteiger partial charge in [0.15, 0.2) is 5.78 Å². The topological polar surface area (TPSA) is 238 Å². The molecule has 0 fully saturated rings. The van der Waals surface area contributed by atoms with Crippen LogP contribution < -0.4 is 31.7 Å². The van der Waals surface area contributed by atoms with Crippen LogP contribution in [-0.2, 0) is 30.5 Å². The van der Waals surface area contributed by atoms with Crippen molar-refractivity contribution in [1.29, 1.82) is 0 Å². The number of hydrogen-bond acceptors (Lipinski definition) is 10. The van der Waals surface area contributed by atoms with E-state index in [9.17, 15) is 38.9 Å². The van der Waals surface area contributed by atoms with E-state index in [-0.39, 0.29) is 55.0 Å². The van der Waals surface area contributed by atoms with Crippen molar-refractivity contribution in [2.24, 2.45) is 17.6 Å². The molecule has 0 unspecified atom stereocenters. The highest BCUT2D eigenvalue weighted by Crippen LogP contribution is 2.21. The largest absolute Gasteiger partial charge is 0.514 e. The smallest absolute Gasteiger partial charge is 0.429 e. The summed E-state index contributed by atoms with van der Waals surface area (Å²) in [7, 11) is 0. The zero-order valence-electron chi connectivity index (χ0n) is 29.4. The molecular weight excluding hydrogens is 664 g/mol. The maximum atomic E-state index is 13.6. The molecule has 0 spiro atoms. The number of nitro groups is 1. The quantitative estimate of drug-likeness (QED) is 0.0399. The number of nitrogens with zero attached hydrogens (tertiary/aromatic N) is 1. The van der Waals surface area contributed by atoms with Crippen molar-refractivity contribution in [2.45, 2.75) is 91.3 Å². The minimum absolute atomic E-state index is 0.0702. The molecule has 2 aromatic carbocycles. The molecule has 51 heavy (non-hydrogen) atoms. The van der Waals surface area contributed by atoms with Crippen LogP contribution in [0, 0.1) is 22.0 Å². The second-order valence-corrected chi connectivity index (χ2v) is 12.4. The van der Waals surface area contributed by atoms with Crippen LogP contribution in [0.1, 0.15) is 78.2 Å². The van der Waals surface area contributed by atoms with E-state index in [1.165, 1.54) is 31.2 Å². The molecule has 0 saturated heterocycles. The van der Waals surface area contributed by atoms with Gasteiger partial charge in [0.25, 0.3) is 5.69 Å². The van der Waals surface area contributed by atoms with Crippen molar-refractivity contribution in [1.82, 2.24) is 16.0 Å². The third-order valence-electron chi connectivity index (χ3n) is 7.78. The van der Waals surface area contributed by atoms with Crippen molar-refractivity contribution >= 4 is 47.1 Å². The molecule has 6 N–H and O–H groups in total. The molecule has 16 heteroatoms. The molecule has 0 saturated carbocycles. The van der Waals surface area contributed by atoms with Gasteiger partial charge in [0, 0.05) is 43.6 Å². The lowest BCUT2D eigenvalue weighted by Crippen LogP contribution is -2.53. The van der Waals surface area contributed by atoms with E-state index in [0.29, 0.717) is 24.1 Å². The van der Waals surface area contributed by atoms with Crippen molar-refractivity contribution in [3.05, 3.63) is 64.2 Å². The van der Waals surface area contributed by atoms with Crippen molar-refractivity contribution in [2.75, 3.05) is 11.9 Å². The first-order chi connectivity index (χ1) is 24.2. The number of unbranched alkanes of at least 4 members (excludes halogenated alkanes) is 2. The first-order valence-electron chi connectivity index (χ1n) is 16.8. The second-order valence-electron chi connectivity index (χ2n) is 12.4. The fraction of sp³-hybridized carbons (Fsp3) is 0.486. The van der Waals surface area contributed by atoms with E-state index in [1.54, 1.807) is 38.1 Å². The molecule has 5 amide bonds. The predicted molar refractivity (Wildman–Crippen MR) is 187 cm³/mol. The molecule has 2 aromatic rings. The number of nitro benzene ring substituents is 1. The van der Waals surface area contributed by atoms with Gasteiger partial charge < -0.3 is 36.5 Å². The number of ketones is 1. The normalized spacial score (nSPS) is 12.5. The van der Waals surface area contributed by atoms with Gasteiger partial charge in [0.1, 0.15) is 18.4 Å². The molecule has 16 nitrogen and oxygen atoms in total. The molecular formula is C35H48N6O10. The average Bonchev–Trinajstić information content (AvgIpc) is 3.07. The predicted octanol–water partition coefficient (Wildman–Crippen LogP) is 4.50. The minimum Gasteiger partial charge on any atom is -0.429 e. The number of rotatable bonds is 21. The Hall–Kier alpha value is -5.54. The highest BCUT2D eigenvalue weighted by Gasteiger charge is 2.31. The molecule has 0 heterocycles. The van der Waals surface area contributed by atoms with E-state index in [0.717, 1.165) is 19.3 Å². The van der Waals surface area contributed by atoms with E-state index < -0.39 is 46.9 Å². The molecule has 0 radical (unpaired) electrons. The SMILES string of the molecule is CCCCC[C@H](NC(C)=O)C(=O)N[C@H](C(=O)C[C@@H](CCCNC(N)=O)C(=O)Nc1ccc(COC(=O)Oc2ccc([N+](=O)[O-])cc2)cc1)C(C)C. The third kappa shape index (κ3) is 15.7. The van der Waals surface area contributed by atoms with Crippen LogP contribution in [-0.4, -0.2) is 59.2 Å². The number of ether oxygens (including phenoxy) is 2. The number of urea groups is 1. The Morgan fingerprint density at radius 2 is 1.55 bits per heavy atom. The minimum atomic E-state index is -1.02. The number of amides is 5. The number of nitrogens with one attached hydrogen (secondary N) is 4. The Balaban J connectivity index is 2.06. The summed E-state index contributed by atoms with van der Waals surface area (Å²) in [6, 6.07) is 8.89. The van der Waals surface area contributed by atoms with Crippen molar-refractivity contribution in [3.8, 4) is 5.75 Å². The Kier molecular flexibility index (Phi) is 17.6. The van der Waals surface area contributed by atoms with Gasteiger partial charge in [0.05, 0.1) is 11.0 Å². The van der Waals surface area contributed by atoms with Crippen LogP contribution in [0.2, 0.25) is 0 Å². The average molecular weight is 713 g/mol. The molecule has 278 valence electrons. The second kappa shape index (κ2) is 21.5. The molecule has 0 aromatic heterocycles. The van der Waals surface area contributed by atoms with Crippen molar-refractivity contribution < 1.29 is 43.2 Å². The van der Waals surface area contributed by atoms with E-state index in [2.05, 4.69) is 21.3 Å². The molecule has 0 bridgehead atoms. The number of nitrogens with two attached hydrogens (primary N) is 1. The van der Waals surface area contributed by atoms with Gasteiger partial charge >= 0.3 is 12.2 Å². The summed E-state index contributed by atoms with van der Waals surface area (Å²) in [6.45, 7) is 6.94. The Morgan fingerprint density at radius 3 is 2.12 bits per heavy atom. The highest BCUT2D eigenvalue weighted by molar-refractivity contribution is 5.98. The molecule has 0 aliphatic heterocycles. The molecule has 2 rings (SSSR count). The van der Waals surface area contributed by atoms with Crippen LogP contribution in [0.3, 0.4) is 0 Å². The van der Waals surface area contributed by atoms with E-state index in [4.69, 9.17) is 15.2 Å². The molecule has 0 aliphatic rings. The zero-order chi connectivity index (χ0) is 37.9. The van der Waals surface area contributed by atoms with Gasteiger partial charge in [-0.3, -0.25) is 29.3 Å². The summed E-state index contributed by atoms with van der Waals surface area (Å²) >= 11 is 0. The van der Waals surface area contributed by atoms with Gasteiger partial charge in [0.2, 0.25) is 17.7 Å². The van der Waals surface area contributed by atoms with Gasteiger partial charge in [-0.2, -0.15) is 0 Å². The lowest BCUT2D eigenvalue weighted by atomic mass is 9.89. The summed E-state index contributed by atoms with van der Waals surface area (Å²) in [5, 5.41) is 21.5. The molecule has 0 aliphatic carbocycles. The number of benzene rings is 2. The first kappa shape index (κ1) is 41.6. The number of Topliss-reactive ketones (excluding diaryl/α,β-unsaturated/α-hetero) is 1. The number of carbonyl (C=O) groups excluding carboxylic acids is 6. The lowest BCUT2D eigenvalue weighted by Gasteiger charge is -2.26. The number of carbonyl (C=O) groups is 6. The third-order valence-corrected chi connectivity index (χ3v) is 7.78. The first-order valence-corrected chi connectivity index (χ1v) is 16.8. The number of anilines is 1. The Bertz CT molecular complexity index is 1500. The lowest BCUT2D eigenvalue weighted by molar-refractivity contribution is -0.384. The van der Waals surface area contributed by atoms with Crippen LogP contribution in [0.25, 0.3) is 0 Å². The zero-order valence-corrected chi connectivity index (χ0v) is 29.4. The maximum Gasteiger partial charge on any atom is 0.514 e. The van der Waals surface area contributed by atoms with E-state index >= 15 is 0 Å². The highest BCUT2D eigenvalue weighted by atomic mass is 16.7. The summed E-state index contributed by atoms with van der Waals surface area (Å²) in [5.74, 6) is -2.70. The van der Waals surface area contributed by atoms with Gasteiger partial charge in [-0.1, -0.05) is 52.2 Å². The van der Waals surface area contributed by atoms with Crippen LogP contribution in [0.5, 0.6) is 5.75 Å². The summed E-state index contributed by atoms with van der Waals surface area (Å²) in [6.07, 6.45) is 2.32. The van der Waals surface area contributed by atoms with Gasteiger partial charge in [-0.25, -0.2) is 9.59 Å². The van der Waals surface area contributed by atoms with Crippen LogP contribution >= 0.6 is 0 Å². The summed E-state index contributed by atoms with van der Waals surface area (Å²) in [5.41, 5.74) is 5.98. The standard InChI is InChI=1S/C35H48N6O10/c1-5-6-7-10-29(38-23(4)42)33(45)40-31(22(2)3)30(43)20-25(9-8-19-37-34(36)46)32(44)39-26-13-11-24(12-14-26)21-50-35(47)51-28-17-15-27(16-18-28)41(48)49/h11-18,22,25,29,31H,5-10,19-21H2,1-4H3,(H,38,42)(H,39,44)(H,40,45)(H3,36,37,46)/t25-,29+,31+/m1/s1. The molecule has 3 atom stereocenters. The fourth-order valence-electron chi connectivity index (χ4n) is 5.07. The summed E-state index contributed by atoms with van der Waals surface area (Å²) < 4.78 is 10.1. The number of primary amides is 1. The number of non-ortho nitro benzene ring substituents is 1. The van der Waals surface area contributed by atoms with Crippen LogP contribution in [0.4, 0.5) is 21.0 Å². The fourth-order valence-corrected chi connectivity index (χ4v) is 5.07. The maximum absolute atomic E-state index is 13.6.